The van der Waals surface area contributed by atoms with Gasteiger partial charge >= 0.3 is 0 Å². The standard InChI is InChI=1S/C28H23ClN4O3/c1-28(2,3)19-11-13-20(14-12-19)36-26-21(27(35)33-15-7-6-10-24(33)32-26)16-18(17-30)25(34)31-23-9-5-4-8-22(23)29/h4-16H,1-3H3,(H,31,34). The van der Waals surface area contributed by atoms with E-state index in [1.807, 2.05) is 18.2 Å². The van der Waals surface area contributed by atoms with Gasteiger partial charge in [0.15, 0.2) is 0 Å². The maximum Gasteiger partial charge on any atom is 0.269 e. The topological polar surface area (TPSA) is 96.5 Å². The number of amides is 1. The van der Waals surface area contributed by atoms with Crippen LogP contribution in [0.15, 0.2) is 83.3 Å². The Bertz CT molecular complexity index is 1580. The second-order valence-electron chi connectivity index (χ2n) is 9.04. The molecule has 1 amide bonds. The fraction of sp³-hybridized carbons (Fsp3) is 0.143. The van der Waals surface area contributed by atoms with Gasteiger partial charge in [-0.15, -0.1) is 0 Å². The fourth-order valence-corrected chi connectivity index (χ4v) is 3.65. The van der Waals surface area contributed by atoms with Gasteiger partial charge in [-0.2, -0.15) is 10.2 Å². The molecule has 2 aromatic heterocycles. The summed E-state index contributed by atoms with van der Waals surface area (Å²) in [6.45, 7) is 6.32. The fourth-order valence-electron chi connectivity index (χ4n) is 3.46. The molecule has 0 aliphatic heterocycles. The maximum atomic E-state index is 13.3. The van der Waals surface area contributed by atoms with E-state index < -0.39 is 11.5 Å². The lowest BCUT2D eigenvalue weighted by Gasteiger charge is -2.19. The van der Waals surface area contributed by atoms with Crippen LogP contribution in [0.2, 0.25) is 5.02 Å². The van der Waals surface area contributed by atoms with Crippen LogP contribution in [0.1, 0.15) is 31.9 Å². The number of halogens is 1. The monoisotopic (exact) mass is 498 g/mol. The average molecular weight is 499 g/mol. The van der Waals surface area contributed by atoms with Crippen LogP contribution in [-0.2, 0) is 10.2 Å². The molecule has 0 radical (unpaired) electrons. The number of hydrogen-bond donors (Lipinski definition) is 1. The van der Waals surface area contributed by atoms with Gasteiger partial charge in [0.05, 0.1) is 10.7 Å². The first-order valence-electron chi connectivity index (χ1n) is 11.1. The molecule has 0 unspecified atom stereocenters. The lowest BCUT2D eigenvalue weighted by atomic mass is 9.87. The van der Waals surface area contributed by atoms with E-state index in [2.05, 4.69) is 31.1 Å². The lowest BCUT2D eigenvalue weighted by Crippen LogP contribution is -2.20. The molecule has 1 N–H and O–H groups in total. The molecule has 2 heterocycles. The molecule has 0 atom stereocenters. The Morgan fingerprint density at radius 3 is 2.44 bits per heavy atom. The number of ether oxygens (including phenoxy) is 1. The second kappa shape index (κ2) is 10.1. The molecule has 0 aliphatic carbocycles. The van der Waals surface area contributed by atoms with E-state index in [-0.39, 0.29) is 22.4 Å². The van der Waals surface area contributed by atoms with Gasteiger partial charge in [-0.25, -0.2) is 0 Å². The molecule has 8 heteroatoms. The number of carbonyl (C=O) groups excluding carboxylic acids is 1. The predicted molar refractivity (Wildman–Crippen MR) is 140 cm³/mol. The Hall–Kier alpha value is -4.41. The molecule has 0 saturated heterocycles. The number of hydrogen-bond acceptors (Lipinski definition) is 5. The Balaban J connectivity index is 1.78. The van der Waals surface area contributed by atoms with Crippen molar-refractivity contribution < 1.29 is 9.53 Å². The number of fused-ring (bicyclic) bond motifs is 1. The van der Waals surface area contributed by atoms with Gasteiger partial charge in [-0.05, 0) is 53.5 Å². The number of aromatic nitrogens is 2. The number of rotatable bonds is 5. The zero-order chi connectivity index (χ0) is 25.9. The zero-order valence-corrected chi connectivity index (χ0v) is 20.7. The van der Waals surface area contributed by atoms with E-state index in [1.165, 1.54) is 10.5 Å². The number of nitrogens with zero attached hydrogens (tertiary/aromatic N) is 3. The minimum atomic E-state index is -0.719. The molecule has 0 fully saturated rings. The van der Waals surface area contributed by atoms with Crippen molar-refractivity contribution in [3.05, 3.63) is 105 Å². The Labute approximate surface area is 213 Å². The van der Waals surface area contributed by atoms with Gasteiger partial charge in [0.25, 0.3) is 11.5 Å². The summed E-state index contributed by atoms with van der Waals surface area (Å²) in [6.07, 6.45) is 2.74. The summed E-state index contributed by atoms with van der Waals surface area (Å²) in [5, 5.41) is 12.6. The Morgan fingerprint density at radius 1 is 1.08 bits per heavy atom. The third kappa shape index (κ3) is 5.29. The largest absolute Gasteiger partial charge is 0.438 e. The van der Waals surface area contributed by atoms with E-state index >= 15 is 0 Å². The van der Waals surface area contributed by atoms with Crippen LogP contribution in [-0.4, -0.2) is 15.3 Å². The third-order valence-corrected chi connectivity index (χ3v) is 5.77. The first-order chi connectivity index (χ1) is 17.2. The van der Waals surface area contributed by atoms with E-state index in [0.717, 1.165) is 5.56 Å². The molecular formula is C28H23ClN4O3. The SMILES string of the molecule is CC(C)(C)c1ccc(Oc2nc3ccccn3c(=O)c2C=C(C#N)C(=O)Nc2ccccc2Cl)cc1. The number of anilines is 1. The zero-order valence-electron chi connectivity index (χ0n) is 19.9. The van der Waals surface area contributed by atoms with Crippen molar-refractivity contribution in [3.63, 3.8) is 0 Å². The first-order valence-corrected chi connectivity index (χ1v) is 11.5. The Kier molecular flexibility index (Phi) is 6.91. The number of para-hydroxylation sites is 1. The molecule has 2 aromatic carbocycles. The quantitative estimate of drug-likeness (QED) is 0.269. The second-order valence-corrected chi connectivity index (χ2v) is 9.45. The van der Waals surface area contributed by atoms with Crippen molar-refractivity contribution in [1.29, 1.82) is 5.26 Å². The highest BCUT2D eigenvalue weighted by atomic mass is 35.5. The summed E-state index contributed by atoms with van der Waals surface area (Å²) < 4.78 is 7.32. The molecule has 4 rings (SSSR count). The van der Waals surface area contributed by atoms with Gasteiger partial charge in [0, 0.05) is 6.20 Å². The molecule has 7 nitrogen and oxygen atoms in total. The molecule has 0 saturated carbocycles. The highest BCUT2D eigenvalue weighted by Gasteiger charge is 2.19. The van der Waals surface area contributed by atoms with E-state index in [9.17, 15) is 14.9 Å². The van der Waals surface area contributed by atoms with Crippen molar-refractivity contribution >= 4 is 34.9 Å². The molecule has 0 bridgehead atoms. The van der Waals surface area contributed by atoms with Gasteiger partial charge in [0.2, 0.25) is 5.88 Å². The summed E-state index contributed by atoms with van der Waals surface area (Å²) in [6, 6.07) is 21.1. The molecule has 36 heavy (non-hydrogen) atoms. The van der Waals surface area contributed by atoms with Crippen LogP contribution in [0.3, 0.4) is 0 Å². The van der Waals surface area contributed by atoms with Gasteiger partial charge in [-0.1, -0.05) is 62.7 Å². The van der Waals surface area contributed by atoms with Crippen molar-refractivity contribution in [3.8, 4) is 17.7 Å². The molecule has 180 valence electrons. The van der Waals surface area contributed by atoms with Crippen molar-refractivity contribution in [2.75, 3.05) is 5.32 Å². The number of carbonyl (C=O) groups is 1. The summed E-state index contributed by atoms with van der Waals surface area (Å²) in [5.41, 5.74) is 0.948. The summed E-state index contributed by atoms with van der Waals surface area (Å²) >= 11 is 6.12. The highest BCUT2D eigenvalue weighted by molar-refractivity contribution is 6.34. The van der Waals surface area contributed by atoms with Crippen LogP contribution in [0.4, 0.5) is 5.69 Å². The third-order valence-electron chi connectivity index (χ3n) is 5.44. The minimum Gasteiger partial charge on any atom is -0.438 e. The summed E-state index contributed by atoms with van der Waals surface area (Å²) in [4.78, 5) is 30.7. The van der Waals surface area contributed by atoms with Crippen molar-refractivity contribution in [2.24, 2.45) is 0 Å². The highest BCUT2D eigenvalue weighted by Crippen LogP contribution is 2.28. The van der Waals surface area contributed by atoms with Gasteiger partial charge < -0.3 is 10.1 Å². The van der Waals surface area contributed by atoms with Gasteiger partial charge in [0.1, 0.15) is 28.6 Å². The normalized spacial score (nSPS) is 11.7. The van der Waals surface area contributed by atoms with Crippen LogP contribution < -0.4 is 15.6 Å². The summed E-state index contributed by atoms with van der Waals surface area (Å²) in [5.74, 6) is -0.277. The maximum absolute atomic E-state index is 13.3. The smallest absolute Gasteiger partial charge is 0.269 e. The van der Waals surface area contributed by atoms with Crippen LogP contribution >= 0.6 is 11.6 Å². The number of pyridine rings is 1. The first kappa shape index (κ1) is 24.7. The number of nitriles is 1. The van der Waals surface area contributed by atoms with E-state index in [0.29, 0.717) is 22.1 Å². The van der Waals surface area contributed by atoms with Crippen molar-refractivity contribution in [1.82, 2.24) is 9.38 Å². The van der Waals surface area contributed by atoms with Crippen LogP contribution in [0, 0.1) is 11.3 Å². The number of nitrogens with one attached hydrogen (secondary N) is 1. The van der Waals surface area contributed by atoms with E-state index in [1.54, 1.807) is 60.8 Å². The predicted octanol–water partition coefficient (Wildman–Crippen LogP) is 5.98. The van der Waals surface area contributed by atoms with Crippen LogP contribution in [0.5, 0.6) is 11.6 Å². The molecule has 0 spiro atoms. The number of benzene rings is 2. The average Bonchev–Trinajstić information content (AvgIpc) is 2.85. The lowest BCUT2D eigenvalue weighted by molar-refractivity contribution is -0.112. The Morgan fingerprint density at radius 2 is 1.78 bits per heavy atom. The van der Waals surface area contributed by atoms with E-state index in [4.69, 9.17) is 16.3 Å². The van der Waals surface area contributed by atoms with Crippen LogP contribution in [0.25, 0.3) is 11.7 Å². The van der Waals surface area contributed by atoms with Gasteiger partial charge in [-0.3, -0.25) is 14.0 Å². The van der Waals surface area contributed by atoms with Crippen molar-refractivity contribution in [2.45, 2.75) is 26.2 Å². The molecule has 0 aliphatic rings. The molecule has 4 aromatic rings. The minimum absolute atomic E-state index is 0.0204. The summed E-state index contributed by atoms with van der Waals surface area (Å²) in [7, 11) is 0. The molecular weight excluding hydrogens is 476 g/mol.